The van der Waals surface area contributed by atoms with Crippen molar-refractivity contribution in [3.05, 3.63) is 59.2 Å². The fraction of sp³-hybridized carbons (Fsp3) is 0.300. The second-order valence-corrected chi connectivity index (χ2v) is 6.24. The van der Waals surface area contributed by atoms with Crippen molar-refractivity contribution in [2.24, 2.45) is 0 Å². The molecule has 3 rings (SSSR count). The summed E-state index contributed by atoms with van der Waals surface area (Å²) in [6, 6.07) is 13.0. The summed E-state index contributed by atoms with van der Waals surface area (Å²) in [6.45, 7) is 6.12. The molecule has 2 amide bonds. The molecule has 1 aliphatic rings. The van der Waals surface area contributed by atoms with E-state index in [0.717, 1.165) is 23.2 Å². The molecule has 124 valence electrons. The predicted molar refractivity (Wildman–Crippen MR) is 96.3 cm³/mol. The molecule has 0 radical (unpaired) electrons. The number of rotatable bonds is 4. The van der Waals surface area contributed by atoms with Gasteiger partial charge in [-0.15, -0.1) is 0 Å². The van der Waals surface area contributed by atoms with Crippen molar-refractivity contribution >= 4 is 23.2 Å². The minimum absolute atomic E-state index is 0.160. The minimum Gasteiger partial charge on any atom is -0.373 e. The van der Waals surface area contributed by atoms with Gasteiger partial charge in [-0.1, -0.05) is 31.2 Å². The number of aryl methyl sites for hydroxylation is 2. The van der Waals surface area contributed by atoms with Gasteiger partial charge in [-0.25, -0.2) is 4.90 Å². The van der Waals surface area contributed by atoms with Crippen molar-refractivity contribution < 1.29 is 9.59 Å². The van der Waals surface area contributed by atoms with Gasteiger partial charge in [-0.3, -0.25) is 9.59 Å². The molecular weight excluding hydrogens is 300 g/mol. The van der Waals surface area contributed by atoms with E-state index in [1.54, 1.807) is 0 Å². The number of carbonyl (C=O) groups excluding carboxylic acids is 2. The van der Waals surface area contributed by atoms with Crippen LogP contribution in [-0.2, 0) is 16.0 Å². The molecule has 24 heavy (non-hydrogen) atoms. The molecule has 2 aromatic carbocycles. The summed E-state index contributed by atoms with van der Waals surface area (Å²) < 4.78 is 0. The predicted octanol–water partition coefficient (Wildman–Crippen LogP) is 3.61. The van der Waals surface area contributed by atoms with Crippen LogP contribution < -0.4 is 10.2 Å². The molecule has 1 unspecified atom stereocenters. The maximum absolute atomic E-state index is 12.7. The van der Waals surface area contributed by atoms with E-state index in [4.69, 9.17) is 0 Å². The lowest BCUT2D eigenvalue weighted by molar-refractivity contribution is -0.121. The number of nitrogens with zero attached hydrogens (tertiary/aromatic N) is 1. The highest BCUT2D eigenvalue weighted by atomic mass is 16.2. The Kier molecular flexibility index (Phi) is 4.38. The number of hydrogen-bond acceptors (Lipinski definition) is 3. The van der Waals surface area contributed by atoms with Crippen LogP contribution in [0, 0.1) is 13.8 Å². The third kappa shape index (κ3) is 2.92. The number of amides is 2. The quantitative estimate of drug-likeness (QED) is 0.875. The minimum atomic E-state index is -0.510. The highest BCUT2D eigenvalue weighted by Gasteiger charge is 2.39. The van der Waals surface area contributed by atoms with Crippen LogP contribution in [0.2, 0.25) is 0 Å². The zero-order valence-corrected chi connectivity index (χ0v) is 14.3. The average Bonchev–Trinajstić information content (AvgIpc) is 2.86. The maximum Gasteiger partial charge on any atom is 0.256 e. The molecule has 0 spiro atoms. The molecule has 1 heterocycles. The van der Waals surface area contributed by atoms with Gasteiger partial charge in [0.2, 0.25) is 5.91 Å². The number of nitrogens with one attached hydrogen (secondary N) is 1. The monoisotopic (exact) mass is 322 g/mol. The first-order chi connectivity index (χ1) is 11.5. The Morgan fingerprint density at radius 1 is 1.08 bits per heavy atom. The molecule has 0 saturated carbocycles. The van der Waals surface area contributed by atoms with E-state index >= 15 is 0 Å². The molecule has 4 nitrogen and oxygen atoms in total. The molecule has 1 fully saturated rings. The van der Waals surface area contributed by atoms with Crippen LogP contribution in [0.4, 0.5) is 11.4 Å². The van der Waals surface area contributed by atoms with Gasteiger partial charge >= 0.3 is 0 Å². The summed E-state index contributed by atoms with van der Waals surface area (Å²) in [4.78, 5) is 26.4. The maximum atomic E-state index is 12.7. The Balaban J connectivity index is 1.82. The highest BCUT2D eigenvalue weighted by Crippen LogP contribution is 2.27. The van der Waals surface area contributed by atoms with Crippen molar-refractivity contribution in [2.75, 3.05) is 10.2 Å². The van der Waals surface area contributed by atoms with Crippen molar-refractivity contribution in [2.45, 2.75) is 39.7 Å². The second kappa shape index (κ2) is 6.48. The zero-order chi connectivity index (χ0) is 17.3. The standard InChI is InChI=1S/C20H22N2O2/c1-4-15-8-10-16(11-9-15)22-19(23)12-18(20(22)24)21-17-7-5-6-13(2)14(17)3/h5-11,18,21H,4,12H2,1-3H3. The van der Waals surface area contributed by atoms with Crippen LogP contribution in [0.5, 0.6) is 0 Å². The summed E-state index contributed by atoms with van der Waals surface area (Å²) in [5.74, 6) is -0.350. The van der Waals surface area contributed by atoms with Crippen LogP contribution in [-0.4, -0.2) is 17.9 Å². The number of carbonyl (C=O) groups is 2. The largest absolute Gasteiger partial charge is 0.373 e. The number of hydrogen-bond donors (Lipinski definition) is 1. The van der Waals surface area contributed by atoms with E-state index in [1.165, 1.54) is 10.5 Å². The van der Waals surface area contributed by atoms with E-state index in [-0.39, 0.29) is 18.2 Å². The molecular formula is C20H22N2O2. The first-order valence-electron chi connectivity index (χ1n) is 8.29. The summed E-state index contributed by atoms with van der Waals surface area (Å²) in [7, 11) is 0. The molecule has 1 aliphatic heterocycles. The number of anilines is 2. The molecule has 0 bridgehead atoms. The van der Waals surface area contributed by atoms with E-state index < -0.39 is 6.04 Å². The average molecular weight is 322 g/mol. The van der Waals surface area contributed by atoms with E-state index in [0.29, 0.717) is 5.69 Å². The van der Waals surface area contributed by atoms with Crippen molar-refractivity contribution in [1.82, 2.24) is 0 Å². The SMILES string of the molecule is CCc1ccc(N2C(=O)CC(Nc3cccc(C)c3C)C2=O)cc1. The lowest BCUT2D eigenvalue weighted by atomic mass is 10.1. The van der Waals surface area contributed by atoms with Gasteiger partial charge in [0.05, 0.1) is 12.1 Å². The molecule has 4 heteroatoms. The Morgan fingerprint density at radius 2 is 1.79 bits per heavy atom. The zero-order valence-electron chi connectivity index (χ0n) is 14.3. The smallest absolute Gasteiger partial charge is 0.256 e. The first-order valence-corrected chi connectivity index (χ1v) is 8.29. The summed E-state index contributed by atoms with van der Waals surface area (Å²) in [5.41, 5.74) is 4.99. The van der Waals surface area contributed by atoms with Gasteiger partial charge in [-0.2, -0.15) is 0 Å². The first kappa shape index (κ1) is 16.2. The normalized spacial score (nSPS) is 17.5. The lowest BCUT2D eigenvalue weighted by Crippen LogP contribution is -2.34. The Morgan fingerprint density at radius 3 is 2.46 bits per heavy atom. The van der Waals surface area contributed by atoms with Crippen LogP contribution in [0.15, 0.2) is 42.5 Å². The molecule has 2 aromatic rings. The van der Waals surface area contributed by atoms with Crippen LogP contribution in [0.25, 0.3) is 0 Å². The van der Waals surface area contributed by atoms with Gasteiger partial charge < -0.3 is 5.32 Å². The highest BCUT2D eigenvalue weighted by molar-refractivity contribution is 6.23. The van der Waals surface area contributed by atoms with Crippen molar-refractivity contribution in [1.29, 1.82) is 0 Å². The summed E-state index contributed by atoms with van der Waals surface area (Å²) in [6.07, 6.45) is 1.11. The van der Waals surface area contributed by atoms with Crippen LogP contribution >= 0.6 is 0 Å². The van der Waals surface area contributed by atoms with Gasteiger partial charge in [0.1, 0.15) is 6.04 Å². The number of benzene rings is 2. The third-order valence-corrected chi connectivity index (χ3v) is 4.68. The summed E-state index contributed by atoms with van der Waals surface area (Å²) >= 11 is 0. The molecule has 1 atom stereocenters. The van der Waals surface area contributed by atoms with E-state index in [9.17, 15) is 9.59 Å². The fourth-order valence-corrected chi connectivity index (χ4v) is 2.99. The number of imide groups is 1. The fourth-order valence-electron chi connectivity index (χ4n) is 2.99. The second-order valence-electron chi connectivity index (χ2n) is 6.24. The molecule has 0 aliphatic carbocycles. The van der Waals surface area contributed by atoms with Crippen LogP contribution in [0.1, 0.15) is 30.0 Å². The van der Waals surface area contributed by atoms with Gasteiger partial charge in [-0.05, 0) is 55.2 Å². The van der Waals surface area contributed by atoms with Crippen molar-refractivity contribution in [3.8, 4) is 0 Å². The van der Waals surface area contributed by atoms with E-state index in [1.807, 2.05) is 56.3 Å². The van der Waals surface area contributed by atoms with Gasteiger partial charge in [0.25, 0.3) is 5.91 Å². The van der Waals surface area contributed by atoms with Crippen LogP contribution in [0.3, 0.4) is 0 Å². The Bertz CT molecular complexity index is 781. The molecule has 0 aromatic heterocycles. The topological polar surface area (TPSA) is 49.4 Å². The van der Waals surface area contributed by atoms with Gasteiger partial charge in [0.15, 0.2) is 0 Å². The van der Waals surface area contributed by atoms with E-state index in [2.05, 4.69) is 12.2 Å². The Labute approximate surface area is 142 Å². The molecule has 1 N–H and O–H groups in total. The third-order valence-electron chi connectivity index (χ3n) is 4.68. The Hall–Kier alpha value is -2.62. The van der Waals surface area contributed by atoms with Gasteiger partial charge in [0, 0.05) is 5.69 Å². The van der Waals surface area contributed by atoms with Crippen molar-refractivity contribution in [3.63, 3.8) is 0 Å². The summed E-state index contributed by atoms with van der Waals surface area (Å²) in [5, 5.41) is 3.24. The lowest BCUT2D eigenvalue weighted by Gasteiger charge is -2.18. The molecule has 1 saturated heterocycles.